The van der Waals surface area contributed by atoms with Gasteiger partial charge in [-0.2, -0.15) is 0 Å². The van der Waals surface area contributed by atoms with Gasteiger partial charge in [0.25, 0.3) is 10.0 Å². The number of ether oxygens (including phenoxy) is 1. The van der Waals surface area contributed by atoms with Crippen molar-refractivity contribution in [3.8, 4) is 11.5 Å². The van der Waals surface area contributed by atoms with Gasteiger partial charge < -0.3 is 15.0 Å². The van der Waals surface area contributed by atoms with E-state index in [1.165, 1.54) is 17.0 Å². The fourth-order valence-electron chi connectivity index (χ4n) is 5.38. The van der Waals surface area contributed by atoms with Crippen LogP contribution in [0.15, 0.2) is 144 Å². The van der Waals surface area contributed by atoms with Crippen molar-refractivity contribution in [3.05, 3.63) is 156 Å². The molecule has 5 aromatic rings. The third-order valence-electron chi connectivity index (χ3n) is 8.23. The molecule has 8 nitrogen and oxygen atoms in total. The molecule has 258 valence electrons. The van der Waals surface area contributed by atoms with E-state index in [2.05, 4.69) is 5.32 Å². The van der Waals surface area contributed by atoms with Gasteiger partial charge in [-0.25, -0.2) is 8.42 Å². The number of hydrogen-bond acceptors (Lipinski definition) is 5. The average Bonchev–Trinajstić information content (AvgIpc) is 3.13. The van der Waals surface area contributed by atoms with Gasteiger partial charge >= 0.3 is 0 Å². The number of carbonyl (C=O) groups excluding carboxylic acids is 2. The highest BCUT2D eigenvalue weighted by atomic mass is 35.5. The molecule has 0 spiro atoms. The van der Waals surface area contributed by atoms with Crippen LogP contribution in [-0.2, 0) is 32.6 Å². The number of anilines is 1. The van der Waals surface area contributed by atoms with Crippen LogP contribution in [0.5, 0.6) is 11.5 Å². The monoisotopic (exact) mass is 709 g/mol. The molecule has 10 heteroatoms. The minimum absolute atomic E-state index is 0.0217. The summed E-state index contributed by atoms with van der Waals surface area (Å²) in [6.07, 6.45) is 0.908. The average molecular weight is 710 g/mol. The summed E-state index contributed by atoms with van der Waals surface area (Å²) >= 11 is 6.34. The van der Waals surface area contributed by atoms with Crippen molar-refractivity contribution >= 4 is 39.1 Å². The van der Waals surface area contributed by atoms with Crippen LogP contribution >= 0.6 is 11.6 Å². The molecule has 2 amide bonds. The molecular weight excluding hydrogens is 670 g/mol. The van der Waals surface area contributed by atoms with Gasteiger partial charge in [0.2, 0.25) is 11.8 Å². The van der Waals surface area contributed by atoms with Crippen molar-refractivity contribution < 1.29 is 22.7 Å². The minimum atomic E-state index is -4.24. The second-order valence-electron chi connectivity index (χ2n) is 11.9. The summed E-state index contributed by atoms with van der Waals surface area (Å²) in [5, 5.41) is 3.52. The number of carbonyl (C=O) groups is 2. The molecule has 0 aliphatic carbocycles. The molecule has 0 unspecified atom stereocenters. The third kappa shape index (κ3) is 9.52. The Morgan fingerprint density at radius 2 is 1.34 bits per heavy atom. The van der Waals surface area contributed by atoms with E-state index in [0.29, 0.717) is 28.5 Å². The molecule has 0 aromatic heterocycles. The lowest BCUT2D eigenvalue weighted by molar-refractivity contribution is -0.140. The fraction of sp³-hybridized carbons (Fsp3) is 0.200. The highest BCUT2D eigenvalue weighted by molar-refractivity contribution is 7.92. The van der Waals surface area contributed by atoms with E-state index < -0.39 is 28.5 Å². The first kappa shape index (κ1) is 36.2. The summed E-state index contributed by atoms with van der Waals surface area (Å²) in [7, 11) is -4.24. The van der Waals surface area contributed by atoms with Gasteiger partial charge in [0.15, 0.2) is 0 Å². The second kappa shape index (κ2) is 17.0. The summed E-state index contributed by atoms with van der Waals surface area (Å²) in [5.74, 6) is 0.226. The zero-order valence-electron chi connectivity index (χ0n) is 28.0. The Balaban J connectivity index is 1.55. The molecular formula is C40H40ClN3O5S. The maximum absolute atomic E-state index is 14.7. The lowest BCUT2D eigenvalue weighted by Crippen LogP contribution is -2.54. The first-order valence-corrected chi connectivity index (χ1v) is 18.2. The molecule has 0 saturated carbocycles. The molecule has 2 atom stereocenters. The minimum Gasteiger partial charge on any atom is -0.457 e. The van der Waals surface area contributed by atoms with Crippen LogP contribution < -0.4 is 14.4 Å². The fourth-order valence-corrected chi connectivity index (χ4v) is 7.03. The number of rotatable bonds is 15. The van der Waals surface area contributed by atoms with E-state index in [1.807, 2.05) is 80.6 Å². The molecule has 0 saturated heterocycles. The van der Waals surface area contributed by atoms with Crippen LogP contribution in [0.2, 0.25) is 5.02 Å². The SMILES string of the molecule is CC[C@H](C)NC(=O)[C@@H](Cc1ccccc1)N(Cc1cccc(Cl)c1)C(=O)CN(c1ccc(Oc2ccccc2)cc1)S(=O)(=O)c1ccccc1. The number of sulfonamides is 1. The number of nitrogens with zero attached hydrogens (tertiary/aromatic N) is 2. The number of nitrogens with one attached hydrogen (secondary N) is 1. The van der Waals surface area contributed by atoms with Crippen LogP contribution in [0.3, 0.4) is 0 Å². The number of hydrogen-bond donors (Lipinski definition) is 1. The predicted octanol–water partition coefficient (Wildman–Crippen LogP) is 7.88. The first-order chi connectivity index (χ1) is 24.1. The molecule has 5 aromatic carbocycles. The Hall–Kier alpha value is -5.12. The molecule has 0 radical (unpaired) electrons. The summed E-state index contributed by atoms with van der Waals surface area (Å²) in [5.41, 5.74) is 1.80. The molecule has 0 fully saturated rings. The summed E-state index contributed by atoms with van der Waals surface area (Å²) in [6, 6.07) is 39.1. The molecule has 0 aliphatic heterocycles. The quantitative estimate of drug-likeness (QED) is 0.119. The predicted molar refractivity (Wildman–Crippen MR) is 198 cm³/mol. The van der Waals surface area contributed by atoms with E-state index in [9.17, 15) is 18.0 Å². The van der Waals surface area contributed by atoms with Crippen molar-refractivity contribution in [3.63, 3.8) is 0 Å². The highest BCUT2D eigenvalue weighted by Gasteiger charge is 2.35. The molecule has 5 rings (SSSR count). The van der Waals surface area contributed by atoms with E-state index in [-0.39, 0.29) is 35.5 Å². The van der Waals surface area contributed by atoms with Crippen molar-refractivity contribution in [2.24, 2.45) is 0 Å². The topological polar surface area (TPSA) is 96.0 Å². The number of halogens is 1. The van der Waals surface area contributed by atoms with E-state index in [4.69, 9.17) is 16.3 Å². The number of amides is 2. The zero-order valence-corrected chi connectivity index (χ0v) is 29.6. The van der Waals surface area contributed by atoms with Gasteiger partial charge in [-0.05, 0) is 85.1 Å². The maximum Gasteiger partial charge on any atom is 0.264 e. The summed E-state index contributed by atoms with van der Waals surface area (Å²) < 4.78 is 35.6. The Kier molecular flexibility index (Phi) is 12.3. The van der Waals surface area contributed by atoms with E-state index in [1.54, 1.807) is 60.7 Å². The van der Waals surface area contributed by atoms with E-state index >= 15 is 0 Å². The van der Waals surface area contributed by atoms with Crippen LogP contribution in [0.1, 0.15) is 31.4 Å². The van der Waals surface area contributed by atoms with Crippen LogP contribution in [0.25, 0.3) is 0 Å². The highest BCUT2D eigenvalue weighted by Crippen LogP contribution is 2.29. The lowest BCUT2D eigenvalue weighted by Gasteiger charge is -2.34. The van der Waals surface area contributed by atoms with Crippen molar-refractivity contribution in [1.29, 1.82) is 0 Å². The second-order valence-corrected chi connectivity index (χ2v) is 14.2. The Morgan fingerprint density at radius 1 is 0.760 bits per heavy atom. The van der Waals surface area contributed by atoms with Crippen LogP contribution in [-0.4, -0.2) is 43.8 Å². The van der Waals surface area contributed by atoms with Gasteiger partial charge in [0, 0.05) is 24.0 Å². The van der Waals surface area contributed by atoms with Gasteiger partial charge in [-0.1, -0.05) is 97.4 Å². The zero-order chi connectivity index (χ0) is 35.5. The van der Waals surface area contributed by atoms with Crippen LogP contribution in [0, 0.1) is 0 Å². The largest absolute Gasteiger partial charge is 0.457 e. The Bertz CT molecular complexity index is 1960. The number of benzene rings is 5. The lowest BCUT2D eigenvalue weighted by atomic mass is 10.0. The standard InChI is InChI=1S/C40H40ClN3O5S/c1-3-30(2)42-40(46)38(27-31-14-7-4-8-15-31)43(28-32-16-13-17-33(41)26-32)39(45)29-44(50(47,48)37-20-11-6-12-21-37)34-22-24-36(25-23-34)49-35-18-9-5-10-19-35/h4-26,30,38H,3,27-29H2,1-2H3,(H,42,46)/t30-,38+/m0/s1. The normalized spacial score (nSPS) is 12.4. The smallest absolute Gasteiger partial charge is 0.264 e. The Labute approximate surface area is 299 Å². The van der Waals surface area contributed by atoms with Gasteiger partial charge in [0.05, 0.1) is 10.6 Å². The van der Waals surface area contributed by atoms with Gasteiger partial charge in [0.1, 0.15) is 24.1 Å². The van der Waals surface area contributed by atoms with Crippen molar-refractivity contribution in [1.82, 2.24) is 10.2 Å². The van der Waals surface area contributed by atoms with E-state index in [0.717, 1.165) is 9.87 Å². The van der Waals surface area contributed by atoms with Crippen molar-refractivity contribution in [2.45, 2.75) is 50.2 Å². The summed E-state index contributed by atoms with van der Waals surface area (Å²) in [4.78, 5) is 30.2. The molecule has 0 bridgehead atoms. The summed E-state index contributed by atoms with van der Waals surface area (Å²) in [6.45, 7) is 3.32. The van der Waals surface area contributed by atoms with Gasteiger partial charge in [-0.3, -0.25) is 13.9 Å². The van der Waals surface area contributed by atoms with Crippen LogP contribution in [0.4, 0.5) is 5.69 Å². The third-order valence-corrected chi connectivity index (χ3v) is 10.3. The molecule has 50 heavy (non-hydrogen) atoms. The van der Waals surface area contributed by atoms with Gasteiger partial charge in [-0.15, -0.1) is 0 Å². The van der Waals surface area contributed by atoms with Crippen molar-refractivity contribution in [2.75, 3.05) is 10.8 Å². The molecule has 0 heterocycles. The molecule has 1 N–H and O–H groups in total. The number of para-hydroxylation sites is 1. The first-order valence-electron chi connectivity index (χ1n) is 16.4. The molecule has 0 aliphatic rings. The maximum atomic E-state index is 14.7. The Morgan fingerprint density at radius 3 is 1.96 bits per heavy atom.